The Morgan fingerprint density at radius 3 is 1.75 bits per heavy atom. The zero-order valence-electron chi connectivity index (χ0n) is 12.5. The summed E-state index contributed by atoms with van der Waals surface area (Å²) in [5.74, 6) is -1.08. The number of carbonyl (C=O) groups excluding carboxylic acids is 2. The van der Waals surface area contributed by atoms with Crippen molar-refractivity contribution in [1.82, 2.24) is 0 Å². The smallest absolute Gasteiger partial charge is 0.294 e. The fourth-order valence-electron chi connectivity index (χ4n) is 2.37. The van der Waals surface area contributed by atoms with Crippen LogP contribution in [0.15, 0.2) is 34.1 Å². The Morgan fingerprint density at radius 2 is 1.33 bits per heavy atom. The maximum atomic E-state index is 11.8. The molecule has 8 nitrogen and oxygen atoms in total. The Bertz CT molecular complexity index is 1100. The average Bonchev–Trinajstić information content (AvgIpc) is 2.42. The fraction of sp³-hybridized carbons (Fsp3) is 0.143. The van der Waals surface area contributed by atoms with Crippen molar-refractivity contribution in [3.63, 3.8) is 0 Å². The molecule has 2 aromatic rings. The third kappa shape index (κ3) is 3.22. The number of carbonyl (C=O) groups is 2. The minimum absolute atomic E-state index is 0.0644. The Hall–Kier alpha value is -2.14. The maximum absolute atomic E-state index is 11.8. The molecule has 0 amide bonds. The summed E-state index contributed by atoms with van der Waals surface area (Å²) < 4.78 is 64.7. The number of hydrogen-bond donors (Lipinski definition) is 2. The van der Waals surface area contributed by atoms with Crippen molar-refractivity contribution in [3.8, 4) is 0 Å². The maximum Gasteiger partial charge on any atom is 0.295 e. The molecule has 10 heteroatoms. The van der Waals surface area contributed by atoms with Gasteiger partial charge >= 0.3 is 0 Å². The second-order valence-corrected chi connectivity index (χ2v) is 7.88. The van der Waals surface area contributed by atoms with Crippen molar-refractivity contribution in [1.29, 1.82) is 0 Å². The summed E-state index contributed by atoms with van der Waals surface area (Å²) in [5.41, 5.74) is -0.185. The number of rotatable bonds is 4. The summed E-state index contributed by atoms with van der Waals surface area (Å²) in [6.45, 7) is 2.31. The van der Waals surface area contributed by atoms with Gasteiger partial charge in [0.2, 0.25) is 0 Å². The standard InChI is InChI=1S/C14H12O8S2/c1-7(15)10-3-4-11(8(2)16)14-12(10)5-9(23(17,18)19)6-13(14)24(20,21)22/h3-6H,1-2H3,(H,17,18,19)(H,20,21,22). The zero-order chi connectivity index (χ0) is 18.4. The van der Waals surface area contributed by atoms with Crippen LogP contribution in [-0.4, -0.2) is 37.5 Å². The summed E-state index contributed by atoms with van der Waals surface area (Å²) in [7, 11) is -9.77. The van der Waals surface area contributed by atoms with Gasteiger partial charge in [0, 0.05) is 16.5 Å². The second-order valence-electron chi connectivity index (χ2n) is 5.07. The van der Waals surface area contributed by atoms with Crippen molar-refractivity contribution in [2.75, 3.05) is 0 Å². The minimum Gasteiger partial charge on any atom is -0.294 e. The Balaban J connectivity index is 3.25. The van der Waals surface area contributed by atoms with Crippen LogP contribution < -0.4 is 0 Å². The van der Waals surface area contributed by atoms with Crippen LogP contribution >= 0.6 is 0 Å². The molecule has 0 spiro atoms. The van der Waals surface area contributed by atoms with Gasteiger partial charge in [0.1, 0.15) is 4.90 Å². The number of hydrogen-bond acceptors (Lipinski definition) is 6. The van der Waals surface area contributed by atoms with E-state index in [1.54, 1.807) is 0 Å². The van der Waals surface area contributed by atoms with Crippen LogP contribution in [-0.2, 0) is 20.2 Å². The van der Waals surface area contributed by atoms with Crippen molar-refractivity contribution < 1.29 is 35.5 Å². The monoisotopic (exact) mass is 372 g/mol. The molecule has 0 bridgehead atoms. The molecule has 0 saturated carbocycles. The SMILES string of the molecule is CC(=O)c1ccc(C(C)=O)c2c(S(=O)(=O)O)cc(S(=O)(=O)O)cc12. The Kier molecular flexibility index (Phi) is 4.35. The van der Waals surface area contributed by atoms with Gasteiger partial charge in [-0.3, -0.25) is 18.7 Å². The third-order valence-electron chi connectivity index (χ3n) is 3.39. The van der Waals surface area contributed by atoms with Gasteiger partial charge in [-0.05, 0) is 31.4 Å². The van der Waals surface area contributed by atoms with Gasteiger partial charge in [-0.2, -0.15) is 16.8 Å². The predicted octanol–water partition coefficient (Wildman–Crippen LogP) is 1.74. The number of Topliss-reactive ketones (excluding diaryl/α,β-unsaturated/α-hetero) is 2. The lowest BCUT2D eigenvalue weighted by Crippen LogP contribution is -2.09. The molecule has 0 saturated heterocycles. The highest BCUT2D eigenvalue weighted by Crippen LogP contribution is 2.33. The Morgan fingerprint density at radius 1 is 0.833 bits per heavy atom. The van der Waals surface area contributed by atoms with Crippen LogP contribution in [0.4, 0.5) is 0 Å². The van der Waals surface area contributed by atoms with E-state index in [2.05, 4.69) is 0 Å². The molecule has 0 atom stereocenters. The molecule has 0 aliphatic heterocycles. The Labute approximate surface area is 137 Å². The highest BCUT2D eigenvalue weighted by molar-refractivity contribution is 7.86. The van der Waals surface area contributed by atoms with E-state index in [1.807, 2.05) is 0 Å². The van der Waals surface area contributed by atoms with E-state index >= 15 is 0 Å². The fourth-order valence-corrected chi connectivity index (χ4v) is 3.73. The summed E-state index contributed by atoms with van der Waals surface area (Å²) >= 11 is 0. The minimum atomic E-state index is -4.95. The summed E-state index contributed by atoms with van der Waals surface area (Å²) in [5, 5.41) is -0.469. The molecule has 0 radical (unpaired) electrons. The van der Waals surface area contributed by atoms with Crippen LogP contribution in [0.3, 0.4) is 0 Å². The topological polar surface area (TPSA) is 143 Å². The highest BCUT2D eigenvalue weighted by atomic mass is 32.2. The van der Waals surface area contributed by atoms with Crippen molar-refractivity contribution in [3.05, 3.63) is 35.4 Å². The third-order valence-corrected chi connectivity index (χ3v) is 5.10. The molecule has 0 aromatic heterocycles. The first kappa shape index (κ1) is 18.2. The second kappa shape index (κ2) is 5.74. The first-order chi connectivity index (χ1) is 10.8. The first-order valence-electron chi connectivity index (χ1n) is 6.41. The average molecular weight is 372 g/mol. The lowest BCUT2D eigenvalue weighted by atomic mass is 9.96. The van der Waals surface area contributed by atoms with Gasteiger partial charge in [0.05, 0.1) is 4.90 Å². The lowest BCUT2D eigenvalue weighted by Gasteiger charge is -2.13. The summed E-state index contributed by atoms with van der Waals surface area (Å²) in [6, 6.07) is 3.86. The van der Waals surface area contributed by atoms with Gasteiger partial charge in [-0.25, -0.2) is 0 Å². The molecule has 2 aromatic carbocycles. The molecule has 2 rings (SSSR count). The van der Waals surface area contributed by atoms with E-state index in [4.69, 9.17) is 0 Å². The predicted molar refractivity (Wildman–Crippen MR) is 83.6 cm³/mol. The highest BCUT2D eigenvalue weighted by Gasteiger charge is 2.25. The van der Waals surface area contributed by atoms with E-state index in [9.17, 15) is 35.5 Å². The quantitative estimate of drug-likeness (QED) is 0.610. The van der Waals surface area contributed by atoms with E-state index in [1.165, 1.54) is 12.1 Å². The molecule has 24 heavy (non-hydrogen) atoms. The van der Waals surface area contributed by atoms with Crippen LogP contribution in [0.25, 0.3) is 10.8 Å². The first-order valence-corrected chi connectivity index (χ1v) is 9.29. The van der Waals surface area contributed by atoms with Gasteiger partial charge in [0.15, 0.2) is 11.6 Å². The van der Waals surface area contributed by atoms with Gasteiger partial charge < -0.3 is 0 Å². The van der Waals surface area contributed by atoms with Crippen LogP contribution in [0.5, 0.6) is 0 Å². The van der Waals surface area contributed by atoms with E-state index in [0.29, 0.717) is 6.07 Å². The van der Waals surface area contributed by atoms with Crippen molar-refractivity contribution >= 4 is 42.6 Å². The molecule has 128 valence electrons. The van der Waals surface area contributed by atoms with Crippen LogP contribution in [0.1, 0.15) is 34.6 Å². The normalized spacial score (nSPS) is 12.3. The van der Waals surface area contributed by atoms with Crippen LogP contribution in [0.2, 0.25) is 0 Å². The summed E-state index contributed by atoms with van der Waals surface area (Å²) in [6.07, 6.45) is 0. The number of fused-ring (bicyclic) bond motifs is 1. The molecule has 0 aliphatic rings. The number of benzene rings is 2. The zero-order valence-corrected chi connectivity index (χ0v) is 14.1. The van der Waals surface area contributed by atoms with Crippen molar-refractivity contribution in [2.24, 2.45) is 0 Å². The number of ketones is 2. The molecule has 0 fully saturated rings. The van der Waals surface area contributed by atoms with E-state index in [-0.39, 0.29) is 21.9 Å². The largest absolute Gasteiger partial charge is 0.295 e. The van der Waals surface area contributed by atoms with E-state index in [0.717, 1.165) is 19.9 Å². The van der Waals surface area contributed by atoms with Gasteiger partial charge in [0.25, 0.3) is 20.2 Å². The molecule has 0 aliphatic carbocycles. The van der Waals surface area contributed by atoms with E-state index < -0.39 is 41.6 Å². The molecule has 0 unspecified atom stereocenters. The molecular formula is C14H12O8S2. The van der Waals surface area contributed by atoms with Gasteiger partial charge in [-0.15, -0.1) is 0 Å². The molecule has 0 heterocycles. The lowest BCUT2D eigenvalue weighted by molar-refractivity contribution is 0.100. The molecular weight excluding hydrogens is 360 g/mol. The molecule has 2 N–H and O–H groups in total. The summed E-state index contributed by atoms with van der Waals surface area (Å²) in [4.78, 5) is 21.8. The van der Waals surface area contributed by atoms with Crippen molar-refractivity contribution in [2.45, 2.75) is 23.6 Å². The van der Waals surface area contributed by atoms with Crippen LogP contribution in [0, 0.1) is 0 Å². The van der Waals surface area contributed by atoms with Gasteiger partial charge in [-0.1, -0.05) is 12.1 Å².